The molecule has 0 saturated carbocycles. The number of halogens is 1. The minimum atomic E-state index is -0.214. The lowest BCUT2D eigenvalue weighted by Gasteiger charge is -2.19. The van der Waals surface area contributed by atoms with E-state index < -0.39 is 0 Å². The van der Waals surface area contributed by atoms with Crippen LogP contribution in [0.25, 0.3) is 0 Å². The quantitative estimate of drug-likeness (QED) is 0.763. The van der Waals surface area contributed by atoms with Gasteiger partial charge in [0.25, 0.3) is 0 Å². The van der Waals surface area contributed by atoms with E-state index in [0.29, 0.717) is 12.6 Å². The van der Waals surface area contributed by atoms with Crippen molar-refractivity contribution in [1.29, 1.82) is 0 Å². The normalized spacial score (nSPS) is 12.4. The zero-order valence-electron chi connectivity index (χ0n) is 11.6. The molecule has 0 aliphatic heterocycles. The van der Waals surface area contributed by atoms with Crippen LogP contribution in [0.4, 0.5) is 4.39 Å². The fourth-order valence-electron chi connectivity index (χ4n) is 1.91. The van der Waals surface area contributed by atoms with Crippen LogP contribution in [0.1, 0.15) is 38.7 Å². The number of hydrogen-bond donors (Lipinski definition) is 1. The first-order valence-electron chi connectivity index (χ1n) is 6.79. The molecule has 0 amide bonds. The molecule has 0 heterocycles. The molecule has 1 N–H and O–H groups in total. The maximum Gasteiger partial charge on any atom is 0.123 e. The Balaban J connectivity index is 2.49. The lowest BCUT2D eigenvalue weighted by molar-refractivity contribution is 0.254. The van der Waals surface area contributed by atoms with Gasteiger partial charge in [-0.1, -0.05) is 20.3 Å². The molecule has 0 saturated heterocycles. The van der Waals surface area contributed by atoms with Gasteiger partial charge >= 0.3 is 0 Å². The summed E-state index contributed by atoms with van der Waals surface area (Å²) in [5.41, 5.74) is 0.848. The highest BCUT2D eigenvalue weighted by atomic mass is 19.1. The van der Waals surface area contributed by atoms with Crippen molar-refractivity contribution in [1.82, 2.24) is 5.32 Å². The van der Waals surface area contributed by atoms with Crippen LogP contribution in [0.3, 0.4) is 0 Å². The lowest BCUT2D eigenvalue weighted by Crippen LogP contribution is -2.35. The summed E-state index contributed by atoms with van der Waals surface area (Å²) in [6, 6.07) is 5.02. The second-order valence-corrected chi connectivity index (χ2v) is 4.66. The molecule has 0 bridgehead atoms. The van der Waals surface area contributed by atoms with Crippen molar-refractivity contribution < 1.29 is 9.13 Å². The van der Waals surface area contributed by atoms with Gasteiger partial charge < -0.3 is 10.1 Å². The largest absolute Gasteiger partial charge is 0.492 e. The fraction of sp³-hybridized carbons (Fsp3) is 0.600. The third-order valence-corrected chi connectivity index (χ3v) is 2.90. The average molecular weight is 253 g/mol. The van der Waals surface area contributed by atoms with E-state index >= 15 is 0 Å². The molecule has 3 heteroatoms. The Bertz CT molecular complexity index is 354. The van der Waals surface area contributed by atoms with E-state index in [9.17, 15) is 4.39 Å². The molecular formula is C15H24FNO. The summed E-state index contributed by atoms with van der Waals surface area (Å²) in [4.78, 5) is 0. The molecule has 1 aromatic rings. The highest BCUT2D eigenvalue weighted by Crippen LogP contribution is 2.18. The van der Waals surface area contributed by atoms with Crippen LogP contribution >= 0.6 is 0 Å². The van der Waals surface area contributed by atoms with E-state index in [2.05, 4.69) is 19.2 Å². The topological polar surface area (TPSA) is 21.3 Å². The van der Waals surface area contributed by atoms with Gasteiger partial charge in [-0.25, -0.2) is 4.39 Å². The highest BCUT2D eigenvalue weighted by Gasteiger charge is 2.08. The second kappa shape index (κ2) is 8.09. The van der Waals surface area contributed by atoms with Crippen molar-refractivity contribution in [3.8, 4) is 5.75 Å². The number of benzene rings is 1. The van der Waals surface area contributed by atoms with E-state index in [1.165, 1.54) is 12.1 Å². The minimum absolute atomic E-state index is 0.214. The predicted molar refractivity (Wildman–Crippen MR) is 73.6 cm³/mol. The molecule has 0 spiro atoms. The molecule has 102 valence electrons. The molecule has 1 unspecified atom stereocenters. The molecule has 1 rings (SSSR count). The molecule has 0 aromatic heterocycles. The SMILES string of the molecule is CCCNC(CCC)COc1ccc(F)cc1C. The van der Waals surface area contributed by atoms with Gasteiger partial charge in [0, 0.05) is 6.04 Å². The van der Waals surface area contributed by atoms with Crippen molar-refractivity contribution in [2.45, 2.75) is 46.1 Å². The van der Waals surface area contributed by atoms with Crippen molar-refractivity contribution in [2.24, 2.45) is 0 Å². The average Bonchev–Trinajstić information content (AvgIpc) is 2.34. The van der Waals surface area contributed by atoms with Gasteiger partial charge in [0.1, 0.15) is 18.2 Å². The molecule has 1 aromatic carbocycles. The van der Waals surface area contributed by atoms with Crippen LogP contribution < -0.4 is 10.1 Å². The third kappa shape index (κ3) is 5.05. The number of rotatable bonds is 8. The fourth-order valence-corrected chi connectivity index (χ4v) is 1.91. The molecule has 2 nitrogen and oxygen atoms in total. The van der Waals surface area contributed by atoms with Crippen LogP contribution in [0.5, 0.6) is 5.75 Å². The van der Waals surface area contributed by atoms with Crippen LogP contribution in [-0.2, 0) is 0 Å². The molecule has 18 heavy (non-hydrogen) atoms. The lowest BCUT2D eigenvalue weighted by atomic mass is 10.1. The van der Waals surface area contributed by atoms with Crippen molar-refractivity contribution in [3.63, 3.8) is 0 Å². The summed E-state index contributed by atoms with van der Waals surface area (Å²) in [6.07, 6.45) is 3.35. The van der Waals surface area contributed by atoms with Crippen molar-refractivity contribution >= 4 is 0 Å². The highest BCUT2D eigenvalue weighted by molar-refractivity contribution is 5.32. The number of ether oxygens (including phenoxy) is 1. The summed E-state index contributed by atoms with van der Waals surface area (Å²) in [5, 5.41) is 3.47. The number of aryl methyl sites for hydroxylation is 1. The molecular weight excluding hydrogens is 229 g/mol. The molecule has 0 aliphatic carbocycles. The maximum atomic E-state index is 13.0. The first-order chi connectivity index (χ1) is 8.67. The maximum absolute atomic E-state index is 13.0. The summed E-state index contributed by atoms with van der Waals surface area (Å²) in [7, 11) is 0. The van der Waals surface area contributed by atoms with Gasteiger partial charge in [-0.05, 0) is 50.1 Å². The smallest absolute Gasteiger partial charge is 0.123 e. The summed E-state index contributed by atoms with van der Waals surface area (Å²) in [5.74, 6) is 0.560. The van der Waals surface area contributed by atoms with E-state index in [4.69, 9.17) is 4.74 Å². The molecule has 1 atom stereocenters. The van der Waals surface area contributed by atoms with Gasteiger partial charge in [0.2, 0.25) is 0 Å². The Labute approximate surface area is 110 Å². The van der Waals surface area contributed by atoms with Crippen LogP contribution in [0, 0.1) is 12.7 Å². The van der Waals surface area contributed by atoms with E-state index in [1.807, 2.05) is 6.92 Å². The van der Waals surface area contributed by atoms with Crippen molar-refractivity contribution in [2.75, 3.05) is 13.2 Å². The summed E-state index contributed by atoms with van der Waals surface area (Å²) in [6.45, 7) is 7.84. The van der Waals surface area contributed by atoms with Gasteiger partial charge in [-0.3, -0.25) is 0 Å². The Morgan fingerprint density at radius 1 is 1.28 bits per heavy atom. The van der Waals surface area contributed by atoms with Gasteiger partial charge in [-0.2, -0.15) is 0 Å². The standard InChI is InChI=1S/C15H24FNO/c1-4-6-14(17-9-5-2)11-18-15-8-7-13(16)10-12(15)3/h7-8,10,14,17H,4-6,9,11H2,1-3H3. The predicted octanol–water partition coefficient (Wildman–Crippen LogP) is 3.68. The summed E-state index contributed by atoms with van der Waals surface area (Å²) < 4.78 is 18.7. The van der Waals surface area contributed by atoms with E-state index in [1.54, 1.807) is 6.07 Å². The Morgan fingerprint density at radius 2 is 2.06 bits per heavy atom. The Morgan fingerprint density at radius 3 is 2.67 bits per heavy atom. The first-order valence-corrected chi connectivity index (χ1v) is 6.79. The molecule has 0 fully saturated rings. The zero-order valence-corrected chi connectivity index (χ0v) is 11.6. The molecule has 0 aliphatic rings. The van der Waals surface area contributed by atoms with Crippen LogP contribution in [0.15, 0.2) is 18.2 Å². The van der Waals surface area contributed by atoms with Crippen LogP contribution in [0.2, 0.25) is 0 Å². The van der Waals surface area contributed by atoms with Crippen molar-refractivity contribution in [3.05, 3.63) is 29.6 Å². The molecule has 0 radical (unpaired) electrons. The van der Waals surface area contributed by atoms with E-state index in [-0.39, 0.29) is 5.82 Å². The van der Waals surface area contributed by atoms with Gasteiger partial charge in [-0.15, -0.1) is 0 Å². The zero-order chi connectivity index (χ0) is 13.4. The minimum Gasteiger partial charge on any atom is -0.492 e. The number of hydrogen-bond acceptors (Lipinski definition) is 2. The van der Waals surface area contributed by atoms with Gasteiger partial charge in [0.05, 0.1) is 0 Å². The van der Waals surface area contributed by atoms with Crippen LogP contribution in [-0.4, -0.2) is 19.2 Å². The third-order valence-electron chi connectivity index (χ3n) is 2.90. The van der Waals surface area contributed by atoms with E-state index in [0.717, 1.165) is 37.1 Å². The summed E-state index contributed by atoms with van der Waals surface area (Å²) >= 11 is 0. The number of nitrogens with one attached hydrogen (secondary N) is 1. The second-order valence-electron chi connectivity index (χ2n) is 4.66. The Kier molecular flexibility index (Phi) is 6.73. The monoisotopic (exact) mass is 253 g/mol. The van der Waals surface area contributed by atoms with Gasteiger partial charge in [0.15, 0.2) is 0 Å². The first kappa shape index (κ1) is 15.0. The Hall–Kier alpha value is -1.09.